The Kier molecular flexibility index (Phi) is 12.0. The molecule has 4 aromatic carbocycles. The summed E-state index contributed by atoms with van der Waals surface area (Å²) in [6.45, 7) is -0.552. The summed E-state index contributed by atoms with van der Waals surface area (Å²) in [6, 6.07) is 28.4. The number of halogens is 3. The van der Waals surface area contributed by atoms with Crippen LogP contribution in [0.4, 0.5) is 5.69 Å². The number of benzene rings is 4. The second kappa shape index (κ2) is 16.2. The Balaban J connectivity index is 1.58. The highest BCUT2D eigenvalue weighted by Gasteiger charge is 2.36. The first-order valence-corrected chi connectivity index (χ1v) is 18.5. The Morgan fingerprint density at radius 1 is 0.830 bits per heavy atom. The molecule has 5 rings (SSSR count). The molecular formula is C36H36BrCl2N3O4S. The Bertz CT molecular complexity index is 1790. The summed E-state index contributed by atoms with van der Waals surface area (Å²) in [6.07, 6.45) is 5.18. The maximum absolute atomic E-state index is 14.7. The van der Waals surface area contributed by atoms with Crippen LogP contribution in [0.3, 0.4) is 0 Å². The lowest BCUT2D eigenvalue weighted by atomic mass is 9.94. The molecule has 1 saturated carbocycles. The number of carbonyl (C=O) groups excluding carboxylic acids is 2. The number of carbonyl (C=O) groups is 2. The average Bonchev–Trinajstić information content (AvgIpc) is 3.07. The molecule has 246 valence electrons. The van der Waals surface area contributed by atoms with E-state index in [2.05, 4.69) is 21.2 Å². The van der Waals surface area contributed by atoms with Crippen LogP contribution in [0.15, 0.2) is 112 Å². The first kappa shape index (κ1) is 35.0. The molecule has 0 radical (unpaired) electrons. The minimum Gasteiger partial charge on any atom is -0.352 e. The lowest BCUT2D eigenvalue weighted by Crippen LogP contribution is -2.55. The number of hydrogen-bond donors (Lipinski definition) is 1. The van der Waals surface area contributed by atoms with Gasteiger partial charge in [-0.3, -0.25) is 13.9 Å². The molecule has 1 fully saturated rings. The number of hydrogen-bond acceptors (Lipinski definition) is 4. The zero-order valence-corrected chi connectivity index (χ0v) is 29.6. The van der Waals surface area contributed by atoms with E-state index in [0.29, 0.717) is 0 Å². The number of rotatable bonds is 12. The summed E-state index contributed by atoms with van der Waals surface area (Å²) in [5, 5.41) is 3.58. The third-order valence-electron chi connectivity index (χ3n) is 8.25. The van der Waals surface area contributed by atoms with Crippen LogP contribution in [0.25, 0.3) is 0 Å². The van der Waals surface area contributed by atoms with Gasteiger partial charge in [-0.05, 0) is 66.4 Å². The first-order chi connectivity index (χ1) is 22.6. The van der Waals surface area contributed by atoms with Crippen molar-refractivity contribution in [3.63, 3.8) is 0 Å². The first-order valence-electron chi connectivity index (χ1n) is 15.5. The summed E-state index contributed by atoms with van der Waals surface area (Å²) in [7, 11) is -4.29. The second-order valence-electron chi connectivity index (χ2n) is 11.6. The highest BCUT2D eigenvalue weighted by molar-refractivity contribution is 9.10. The smallest absolute Gasteiger partial charge is 0.264 e. The number of nitrogens with one attached hydrogen (secondary N) is 1. The lowest BCUT2D eigenvalue weighted by molar-refractivity contribution is -0.140. The Morgan fingerprint density at radius 2 is 1.49 bits per heavy atom. The fourth-order valence-electron chi connectivity index (χ4n) is 5.84. The minimum absolute atomic E-state index is 0.0116. The molecule has 0 aliphatic heterocycles. The molecule has 2 amide bonds. The number of anilines is 1. The van der Waals surface area contributed by atoms with E-state index in [1.165, 1.54) is 29.2 Å². The van der Waals surface area contributed by atoms with Gasteiger partial charge < -0.3 is 10.2 Å². The van der Waals surface area contributed by atoms with Crippen molar-refractivity contribution in [2.45, 2.75) is 62.0 Å². The molecule has 0 bridgehead atoms. The van der Waals surface area contributed by atoms with Crippen molar-refractivity contribution in [1.29, 1.82) is 0 Å². The molecule has 1 aliphatic carbocycles. The largest absolute Gasteiger partial charge is 0.352 e. The molecule has 1 N–H and O–H groups in total. The van der Waals surface area contributed by atoms with Gasteiger partial charge in [0.1, 0.15) is 12.6 Å². The molecule has 7 nitrogen and oxygen atoms in total. The molecule has 4 aromatic rings. The van der Waals surface area contributed by atoms with E-state index >= 15 is 0 Å². The normalized spacial score (nSPS) is 14.3. The molecule has 0 aromatic heterocycles. The Hall–Kier alpha value is -3.37. The second-order valence-corrected chi connectivity index (χ2v) is 15.2. The molecule has 0 spiro atoms. The standard InChI is InChI=1S/C36H36BrCl2N3O4S/c37-28-14-10-13-27(21-28)24-41(34(22-26-11-4-1-5-12-26)36(44)40-30-15-6-2-7-16-30)35(43)25-42(33-23-29(38)19-20-32(33)39)47(45,46)31-17-8-3-9-18-31/h1,3-5,8-14,17-21,23,30,34H,2,6-7,15-16,22,24-25H2,(H,40,44). The monoisotopic (exact) mass is 755 g/mol. The fraction of sp³-hybridized carbons (Fsp3) is 0.278. The van der Waals surface area contributed by atoms with Gasteiger partial charge in [0.2, 0.25) is 11.8 Å². The number of amides is 2. The lowest BCUT2D eigenvalue weighted by Gasteiger charge is -2.35. The molecule has 47 heavy (non-hydrogen) atoms. The van der Waals surface area contributed by atoms with E-state index in [0.717, 1.165) is 52.0 Å². The van der Waals surface area contributed by atoms with Crippen LogP contribution >= 0.6 is 39.1 Å². The van der Waals surface area contributed by atoms with E-state index in [1.54, 1.807) is 24.3 Å². The molecule has 1 aliphatic rings. The van der Waals surface area contributed by atoms with Gasteiger partial charge in [0.25, 0.3) is 10.0 Å². The summed E-state index contributed by atoms with van der Waals surface area (Å²) >= 11 is 16.4. The molecular weight excluding hydrogens is 721 g/mol. The summed E-state index contributed by atoms with van der Waals surface area (Å²) in [5.41, 5.74) is 1.70. The van der Waals surface area contributed by atoms with Gasteiger partial charge in [0.05, 0.1) is 15.6 Å². The van der Waals surface area contributed by atoms with Gasteiger partial charge in [0, 0.05) is 28.5 Å². The molecule has 1 unspecified atom stereocenters. The predicted molar refractivity (Wildman–Crippen MR) is 191 cm³/mol. The van der Waals surface area contributed by atoms with Crippen LogP contribution in [0.2, 0.25) is 10.0 Å². The fourth-order valence-corrected chi connectivity index (χ4v) is 8.17. The molecule has 0 saturated heterocycles. The molecule has 11 heteroatoms. The zero-order chi connectivity index (χ0) is 33.4. The topological polar surface area (TPSA) is 86.8 Å². The van der Waals surface area contributed by atoms with E-state index < -0.39 is 28.5 Å². The number of sulfonamides is 1. The van der Waals surface area contributed by atoms with Crippen LogP contribution in [-0.4, -0.2) is 43.8 Å². The summed E-state index contributed by atoms with van der Waals surface area (Å²) in [4.78, 5) is 30.3. The van der Waals surface area contributed by atoms with Crippen LogP contribution < -0.4 is 9.62 Å². The van der Waals surface area contributed by atoms with Crippen LogP contribution in [0, 0.1) is 0 Å². The SMILES string of the molecule is O=C(NC1CCCCC1)C(Cc1ccccc1)N(Cc1cccc(Br)c1)C(=O)CN(c1cc(Cl)ccc1Cl)S(=O)(=O)c1ccccc1. The molecule has 0 heterocycles. The van der Waals surface area contributed by atoms with Crippen molar-refractivity contribution in [2.75, 3.05) is 10.8 Å². The maximum Gasteiger partial charge on any atom is 0.264 e. The van der Waals surface area contributed by atoms with Gasteiger partial charge >= 0.3 is 0 Å². The summed E-state index contributed by atoms with van der Waals surface area (Å²) in [5.74, 6) is -0.845. The predicted octanol–water partition coefficient (Wildman–Crippen LogP) is 8.04. The highest BCUT2D eigenvalue weighted by atomic mass is 79.9. The van der Waals surface area contributed by atoms with Crippen molar-refractivity contribution in [1.82, 2.24) is 10.2 Å². The van der Waals surface area contributed by atoms with E-state index in [9.17, 15) is 18.0 Å². The van der Waals surface area contributed by atoms with Gasteiger partial charge in [0.15, 0.2) is 0 Å². The van der Waals surface area contributed by atoms with Gasteiger partial charge in [-0.25, -0.2) is 8.42 Å². The van der Waals surface area contributed by atoms with Crippen molar-refractivity contribution < 1.29 is 18.0 Å². The van der Waals surface area contributed by atoms with Gasteiger partial charge in [-0.2, -0.15) is 0 Å². The minimum atomic E-state index is -4.29. The maximum atomic E-state index is 14.7. The summed E-state index contributed by atoms with van der Waals surface area (Å²) < 4.78 is 30.2. The van der Waals surface area contributed by atoms with Crippen molar-refractivity contribution in [2.24, 2.45) is 0 Å². The van der Waals surface area contributed by atoms with Crippen molar-refractivity contribution >= 4 is 66.7 Å². The van der Waals surface area contributed by atoms with Gasteiger partial charge in [-0.15, -0.1) is 0 Å². The van der Waals surface area contributed by atoms with Crippen molar-refractivity contribution in [3.8, 4) is 0 Å². The highest BCUT2D eigenvalue weighted by Crippen LogP contribution is 2.33. The Morgan fingerprint density at radius 3 is 2.17 bits per heavy atom. The van der Waals surface area contributed by atoms with Crippen LogP contribution in [-0.2, 0) is 32.6 Å². The van der Waals surface area contributed by atoms with Crippen LogP contribution in [0.5, 0.6) is 0 Å². The third kappa shape index (κ3) is 9.16. The van der Waals surface area contributed by atoms with E-state index in [-0.39, 0.29) is 45.5 Å². The van der Waals surface area contributed by atoms with Gasteiger partial charge in [-0.1, -0.05) is 119 Å². The Labute approximate surface area is 295 Å². The zero-order valence-electron chi connectivity index (χ0n) is 25.7. The van der Waals surface area contributed by atoms with E-state index in [4.69, 9.17) is 23.2 Å². The third-order valence-corrected chi connectivity index (χ3v) is 11.1. The van der Waals surface area contributed by atoms with Crippen LogP contribution in [0.1, 0.15) is 43.2 Å². The average molecular weight is 758 g/mol. The number of nitrogens with zero attached hydrogens (tertiary/aromatic N) is 2. The quantitative estimate of drug-likeness (QED) is 0.159. The molecule has 1 atom stereocenters. The van der Waals surface area contributed by atoms with Crippen molar-refractivity contribution in [3.05, 3.63) is 129 Å². The van der Waals surface area contributed by atoms with E-state index in [1.807, 2.05) is 54.6 Å².